The largest absolute Gasteiger partial charge is 0.393 e. The molecule has 0 aliphatic heterocycles. The number of benzene rings is 2. The summed E-state index contributed by atoms with van der Waals surface area (Å²) in [7, 11) is 0. The summed E-state index contributed by atoms with van der Waals surface area (Å²) in [6, 6.07) is 21.0. The molecule has 0 aliphatic carbocycles. The van der Waals surface area contributed by atoms with Gasteiger partial charge >= 0.3 is 0 Å². The summed E-state index contributed by atoms with van der Waals surface area (Å²) in [4.78, 5) is 0.548. The monoisotopic (exact) mass is 270 g/mol. The van der Waals surface area contributed by atoms with Crippen LogP contribution in [0.15, 0.2) is 60.7 Å². The molecule has 0 bridgehead atoms. The van der Waals surface area contributed by atoms with Crippen LogP contribution < -0.4 is 11.1 Å². The van der Waals surface area contributed by atoms with Crippen LogP contribution in [0.3, 0.4) is 0 Å². The molecule has 0 aliphatic rings. The van der Waals surface area contributed by atoms with Gasteiger partial charge in [-0.05, 0) is 11.1 Å². The third kappa shape index (κ3) is 4.16. The fraction of sp³-hybridized carbons (Fsp3) is 0.188. The molecule has 19 heavy (non-hydrogen) atoms. The molecule has 0 saturated heterocycles. The highest BCUT2D eigenvalue weighted by molar-refractivity contribution is 7.80. The lowest BCUT2D eigenvalue weighted by atomic mass is 9.99. The average molecular weight is 270 g/mol. The zero-order valence-corrected chi connectivity index (χ0v) is 11.6. The van der Waals surface area contributed by atoms with E-state index < -0.39 is 0 Å². The number of nitrogens with one attached hydrogen (secondary N) is 1. The van der Waals surface area contributed by atoms with E-state index in [4.69, 9.17) is 18.0 Å². The molecule has 0 heterocycles. The zero-order chi connectivity index (χ0) is 13.5. The smallest absolute Gasteiger partial charge is 0.0740 e. The minimum Gasteiger partial charge on any atom is -0.393 e. The first-order valence-corrected chi connectivity index (χ1v) is 6.80. The third-order valence-electron chi connectivity index (χ3n) is 2.99. The van der Waals surface area contributed by atoms with Crippen molar-refractivity contribution >= 4 is 17.2 Å². The van der Waals surface area contributed by atoms with Crippen LogP contribution in [-0.4, -0.2) is 11.5 Å². The topological polar surface area (TPSA) is 38.0 Å². The van der Waals surface area contributed by atoms with Crippen LogP contribution in [0.1, 0.15) is 23.6 Å². The fourth-order valence-electron chi connectivity index (χ4n) is 2.06. The molecule has 3 heteroatoms. The van der Waals surface area contributed by atoms with Crippen molar-refractivity contribution < 1.29 is 0 Å². The summed E-state index contributed by atoms with van der Waals surface area (Å²) in [5.74, 6) is 0. The van der Waals surface area contributed by atoms with E-state index >= 15 is 0 Å². The molecule has 98 valence electrons. The highest BCUT2D eigenvalue weighted by atomic mass is 32.1. The third-order valence-corrected chi connectivity index (χ3v) is 3.19. The van der Waals surface area contributed by atoms with Gasteiger partial charge in [-0.2, -0.15) is 0 Å². The number of hydrogen-bond acceptors (Lipinski definition) is 2. The molecule has 2 aromatic rings. The summed E-state index contributed by atoms with van der Waals surface area (Å²) in [6.45, 7) is 0.782. The first-order valence-electron chi connectivity index (χ1n) is 6.39. The van der Waals surface area contributed by atoms with Crippen LogP contribution in [0.25, 0.3) is 0 Å². The van der Waals surface area contributed by atoms with Crippen LogP contribution in [-0.2, 0) is 0 Å². The van der Waals surface area contributed by atoms with Crippen molar-refractivity contribution in [1.29, 1.82) is 0 Å². The SMILES string of the molecule is NC(=S)CCNC(c1ccccc1)c1ccccc1. The summed E-state index contributed by atoms with van der Waals surface area (Å²) >= 11 is 4.92. The molecule has 2 aromatic carbocycles. The van der Waals surface area contributed by atoms with E-state index in [9.17, 15) is 0 Å². The molecule has 0 spiro atoms. The standard InChI is InChI=1S/C16H18N2S/c17-15(19)11-12-18-16(13-7-3-1-4-8-13)14-9-5-2-6-10-14/h1-10,16,18H,11-12H2,(H2,17,19). The summed E-state index contributed by atoms with van der Waals surface area (Å²) < 4.78 is 0. The van der Waals surface area contributed by atoms with Gasteiger partial charge in [0.15, 0.2) is 0 Å². The van der Waals surface area contributed by atoms with Crippen molar-refractivity contribution in [3.05, 3.63) is 71.8 Å². The van der Waals surface area contributed by atoms with Gasteiger partial charge in [0.2, 0.25) is 0 Å². The van der Waals surface area contributed by atoms with E-state index in [1.54, 1.807) is 0 Å². The summed E-state index contributed by atoms with van der Waals surface area (Å²) in [5.41, 5.74) is 8.04. The van der Waals surface area contributed by atoms with Crippen LogP contribution in [0, 0.1) is 0 Å². The van der Waals surface area contributed by atoms with Gasteiger partial charge in [-0.15, -0.1) is 0 Å². The Morgan fingerprint density at radius 1 is 0.947 bits per heavy atom. The van der Waals surface area contributed by atoms with E-state index in [-0.39, 0.29) is 6.04 Å². The van der Waals surface area contributed by atoms with Crippen molar-refractivity contribution in [3.8, 4) is 0 Å². The molecular formula is C16H18N2S. The van der Waals surface area contributed by atoms with Gasteiger partial charge in [0.05, 0.1) is 11.0 Å². The van der Waals surface area contributed by atoms with Gasteiger partial charge in [0, 0.05) is 13.0 Å². The Balaban J connectivity index is 2.17. The Bertz CT molecular complexity index is 471. The molecule has 0 amide bonds. The lowest BCUT2D eigenvalue weighted by Crippen LogP contribution is -2.26. The molecule has 0 fully saturated rings. The Morgan fingerprint density at radius 3 is 1.84 bits per heavy atom. The van der Waals surface area contributed by atoms with Gasteiger partial charge in [-0.1, -0.05) is 72.9 Å². The molecule has 2 nitrogen and oxygen atoms in total. The van der Waals surface area contributed by atoms with Gasteiger partial charge in [-0.25, -0.2) is 0 Å². The maximum atomic E-state index is 5.55. The Morgan fingerprint density at radius 2 is 1.42 bits per heavy atom. The first-order chi connectivity index (χ1) is 9.27. The van der Waals surface area contributed by atoms with E-state index in [0.717, 1.165) is 6.54 Å². The first kappa shape index (κ1) is 13.7. The molecule has 0 aromatic heterocycles. The molecule has 0 unspecified atom stereocenters. The lowest BCUT2D eigenvalue weighted by molar-refractivity contribution is 0.617. The van der Waals surface area contributed by atoms with Crippen molar-refractivity contribution in [3.63, 3.8) is 0 Å². The lowest BCUT2D eigenvalue weighted by Gasteiger charge is -2.19. The highest BCUT2D eigenvalue weighted by Crippen LogP contribution is 2.21. The number of nitrogens with two attached hydrogens (primary N) is 1. The van der Waals surface area contributed by atoms with Crippen molar-refractivity contribution in [2.45, 2.75) is 12.5 Å². The second kappa shape index (κ2) is 7.02. The summed E-state index contributed by atoms with van der Waals surface area (Å²) in [6.07, 6.45) is 0.714. The van der Waals surface area contributed by atoms with Gasteiger partial charge in [-0.3, -0.25) is 0 Å². The van der Waals surface area contributed by atoms with Crippen molar-refractivity contribution in [2.75, 3.05) is 6.54 Å². The van der Waals surface area contributed by atoms with Crippen LogP contribution in [0.5, 0.6) is 0 Å². The van der Waals surface area contributed by atoms with E-state index in [2.05, 4.69) is 53.8 Å². The Hall–Kier alpha value is -1.71. The quantitative estimate of drug-likeness (QED) is 0.792. The maximum absolute atomic E-state index is 5.55. The number of hydrogen-bond donors (Lipinski definition) is 2. The second-order valence-electron chi connectivity index (χ2n) is 4.42. The number of rotatable bonds is 6. The predicted octanol–water partition coefficient (Wildman–Crippen LogP) is 3.04. The molecule has 2 rings (SSSR count). The van der Waals surface area contributed by atoms with Gasteiger partial charge in [0.25, 0.3) is 0 Å². The molecular weight excluding hydrogens is 252 g/mol. The molecule has 0 saturated carbocycles. The zero-order valence-electron chi connectivity index (χ0n) is 10.8. The van der Waals surface area contributed by atoms with Crippen LogP contribution in [0.2, 0.25) is 0 Å². The molecule has 0 radical (unpaired) electrons. The fourth-order valence-corrected chi connectivity index (χ4v) is 2.16. The summed E-state index contributed by atoms with van der Waals surface area (Å²) in [5, 5.41) is 3.52. The van der Waals surface area contributed by atoms with Gasteiger partial charge in [0.1, 0.15) is 0 Å². The van der Waals surface area contributed by atoms with Crippen LogP contribution in [0.4, 0.5) is 0 Å². The minimum absolute atomic E-state index is 0.178. The van der Waals surface area contributed by atoms with Crippen molar-refractivity contribution in [1.82, 2.24) is 5.32 Å². The van der Waals surface area contributed by atoms with Crippen molar-refractivity contribution in [2.24, 2.45) is 5.73 Å². The second-order valence-corrected chi connectivity index (χ2v) is 4.95. The minimum atomic E-state index is 0.178. The Kier molecular flexibility index (Phi) is 5.07. The van der Waals surface area contributed by atoms with Crippen LogP contribution >= 0.6 is 12.2 Å². The predicted molar refractivity (Wildman–Crippen MR) is 84.1 cm³/mol. The Labute approximate surface area is 119 Å². The maximum Gasteiger partial charge on any atom is 0.0740 e. The number of thiocarbonyl (C=S) groups is 1. The normalized spacial score (nSPS) is 10.6. The van der Waals surface area contributed by atoms with Gasteiger partial charge < -0.3 is 11.1 Å². The van der Waals surface area contributed by atoms with E-state index in [1.807, 2.05) is 12.1 Å². The average Bonchev–Trinajstić information content (AvgIpc) is 2.45. The molecule has 3 N–H and O–H groups in total. The molecule has 0 atom stereocenters. The van der Waals surface area contributed by atoms with E-state index in [0.29, 0.717) is 11.4 Å². The van der Waals surface area contributed by atoms with E-state index in [1.165, 1.54) is 11.1 Å². The highest BCUT2D eigenvalue weighted by Gasteiger charge is 2.12.